The molecule has 1 aromatic rings. The molecule has 2 atom stereocenters. The fourth-order valence-electron chi connectivity index (χ4n) is 5.10. The zero-order chi connectivity index (χ0) is 21.9. The minimum atomic E-state index is -4.68. The summed E-state index contributed by atoms with van der Waals surface area (Å²) in [4.78, 5) is 13.4. The van der Waals surface area contributed by atoms with Gasteiger partial charge in [-0.25, -0.2) is 0 Å². The van der Waals surface area contributed by atoms with Gasteiger partial charge in [-0.05, 0) is 36.0 Å². The second-order valence-electron chi connectivity index (χ2n) is 8.81. The predicted molar refractivity (Wildman–Crippen MR) is 105 cm³/mol. The van der Waals surface area contributed by atoms with Crippen molar-refractivity contribution in [2.75, 3.05) is 7.11 Å². The van der Waals surface area contributed by atoms with Gasteiger partial charge in [0.25, 0.3) is 0 Å². The van der Waals surface area contributed by atoms with Crippen LogP contribution in [0.3, 0.4) is 0 Å². The monoisotopic (exact) mass is 419 g/mol. The first kappa shape index (κ1) is 20.6. The topological polar surface area (TPSA) is 63.0 Å². The van der Waals surface area contributed by atoms with Crippen LogP contribution in [0, 0.1) is 5.41 Å². The Morgan fingerprint density at radius 1 is 1.27 bits per heavy atom. The molecular formula is C22H24F3N3O2. The quantitative estimate of drug-likeness (QED) is 0.733. The third-order valence-electron chi connectivity index (χ3n) is 6.24. The summed E-state index contributed by atoms with van der Waals surface area (Å²) in [6.07, 6.45) is -4.53. The summed E-state index contributed by atoms with van der Waals surface area (Å²) >= 11 is 0. The first-order chi connectivity index (χ1) is 14.0. The average molecular weight is 419 g/mol. The lowest BCUT2D eigenvalue weighted by Crippen LogP contribution is -2.52. The van der Waals surface area contributed by atoms with Crippen molar-refractivity contribution in [1.29, 1.82) is 0 Å². The van der Waals surface area contributed by atoms with E-state index in [1.54, 1.807) is 31.2 Å². The van der Waals surface area contributed by atoms with E-state index in [2.05, 4.69) is 15.5 Å². The number of alkyl halides is 3. The molecule has 0 bridgehead atoms. The van der Waals surface area contributed by atoms with Crippen molar-refractivity contribution in [2.45, 2.75) is 57.8 Å². The zero-order valence-electron chi connectivity index (χ0n) is 17.4. The number of allylic oxidation sites excluding steroid dienone is 3. The van der Waals surface area contributed by atoms with Crippen LogP contribution in [-0.4, -0.2) is 25.2 Å². The third kappa shape index (κ3) is 2.96. The summed E-state index contributed by atoms with van der Waals surface area (Å²) in [6.45, 7) is 5.77. The molecule has 3 aliphatic rings. The van der Waals surface area contributed by atoms with Gasteiger partial charge in [-0.3, -0.25) is 4.79 Å². The Bertz CT molecular complexity index is 1010. The molecule has 0 spiro atoms. The molecule has 1 unspecified atom stereocenters. The Labute approximate surface area is 173 Å². The summed E-state index contributed by atoms with van der Waals surface area (Å²) in [5.41, 5.74) is -0.940. The van der Waals surface area contributed by atoms with Gasteiger partial charge >= 0.3 is 6.18 Å². The van der Waals surface area contributed by atoms with Crippen molar-refractivity contribution >= 4 is 5.78 Å². The number of benzene rings is 1. The highest BCUT2D eigenvalue weighted by atomic mass is 19.4. The van der Waals surface area contributed by atoms with Gasteiger partial charge in [0.05, 0.1) is 12.5 Å². The molecule has 30 heavy (non-hydrogen) atoms. The van der Waals surface area contributed by atoms with Crippen LogP contribution in [0.1, 0.15) is 45.6 Å². The standard InChI is InChI=1S/C22H24F3N3O2/c1-5-21(12-7-6-8-13(9-12)30-4)16-14(10-20(2,3)11-15(16)29)26-19-17(21)18(27-28-19)22(23,24)25/h6-9,19,26H,5,10-11H2,1-4H3/t19?,21-/m0/s1. The van der Waals surface area contributed by atoms with E-state index in [1.807, 2.05) is 13.8 Å². The highest BCUT2D eigenvalue weighted by Crippen LogP contribution is 2.56. The lowest BCUT2D eigenvalue weighted by Gasteiger charge is -2.48. The number of Topliss-reactive ketones (excluding diaryl/α,β-unsaturated/α-hetero) is 1. The number of ketones is 1. The van der Waals surface area contributed by atoms with Crippen LogP contribution in [0.5, 0.6) is 5.75 Å². The van der Waals surface area contributed by atoms with Crippen molar-refractivity contribution < 1.29 is 22.7 Å². The second kappa shape index (κ2) is 6.68. The molecule has 0 saturated heterocycles. The van der Waals surface area contributed by atoms with Crippen LogP contribution >= 0.6 is 0 Å². The number of rotatable bonds is 3. The molecule has 2 heterocycles. The van der Waals surface area contributed by atoms with Crippen LogP contribution in [0.25, 0.3) is 0 Å². The zero-order valence-corrected chi connectivity index (χ0v) is 17.4. The Kier molecular flexibility index (Phi) is 4.60. The minimum absolute atomic E-state index is 0.00226. The maximum absolute atomic E-state index is 14.0. The molecular weight excluding hydrogens is 395 g/mol. The molecule has 4 rings (SSSR count). The number of hydrogen-bond acceptors (Lipinski definition) is 5. The van der Waals surface area contributed by atoms with Crippen molar-refractivity contribution in [2.24, 2.45) is 15.6 Å². The number of methoxy groups -OCH3 is 1. The lowest BCUT2D eigenvalue weighted by atomic mass is 9.58. The fraction of sp³-hybridized carbons (Fsp3) is 0.500. The molecule has 1 aliphatic carbocycles. The molecule has 160 valence electrons. The number of halogens is 3. The predicted octanol–water partition coefficient (Wildman–Crippen LogP) is 5.20. The molecule has 0 saturated carbocycles. The number of azo groups is 1. The molecule has 8 heteroatoms. The van der Waals surface area contributed by atoms with Gasteiger partial charge in [0, 0.05) is 23.3 Å². The number of carbonyl (C=O) groups is 1. The SMILES string of the molecule is CC[C@]1(c2cccc(OC)c2)C2=C(CC(C)(C)CC2=O)NC2N=NC(C(F)(F)F)=C21. The molecule has 5 nitrogen and oxygen atoms in total. The van der Waals surface area contributed by atoms with Crippen molar-refractivity contribution in [1.82, 2.24) is 5.32 Å². The first-order valence-corrected chi connectivity index (χ1v) is 9.94. The molecule has 0 fully saturated rings. The summed E-state index contributed by atoms with van der Waals surface area (Å²) in [5.74, 6) is 0.375. The molecule has 1 N–H and O–H groups in total. The Morgan fingerprint density at radius 3 is 2.63 bits per heavy atom. The summed E-state index contributed by atoms with van der Waals surface area (Å²) in [5, 5.41) is 10.6. The number of nitrogens with zero attached hydrogens (tertiary/aromatic N) is 2. The Hall–Kier alpha value is -2.64. The Balaban J connectivity index is 2.08. The van der Waals surface area contributed by atoms with E-state index in [0.29, 0.717) is 29.0 Å². The maximum atomic E-state index is 14.0. The van der Waals surface area contributed by atoms with Crippen molar-refractivity contribution in [3.05, 3.63) is 52.4 Å². The van der Waals surface area contributed by atoms with Crippen LogP contribution in [-0.2, 0) is 10.2 Å². The molecule has 2 aliphatic heterocycles. The lowest BCUT2D eigenvalue weighted by molar-refractivity contribution is -0.119. The first-order valence-electron chi connectivity index (χ1n) is 9.94. The number of carbonyl (C=O) groups excluding carboxylic acids is 1. The molecule has 0 aromatic heterocycles. The van der Waals surface area contributed by atoms with E-state index in [1.165, 1.54) is 7.11 Å². The minimum Gasteiger partial charge on any atom is -0.497 e. The van der Waals surface area contributed by atoms with Gasteiger partial charge in [-0.2, -0.15) is 18.3 Å². The van der Waals surface area contributed by atoms with Crippen molar-refractivity contribution in [3.63, 3.8) is 0 Å². The number of nitrogens with one attached hydrogen (secondary N) is 1. The van der Waals surface area contributed by atoms with E-state index in [9.17, 15) is 18.0 Å². The summed E-state index contributed by atoms with van der Waals surface area (Å²) in [7, 11) is 1.50. The molecule has 1 aromatic carbocycles. The summed E-state index contributed by atoms with van der Waals surface area (Å²) < 4.78 is 47.2. The Morgan fingerprint density at radius 2 is 2.00 bits per heavy atom. The maximum Gasteiger partial charge on any atom is 0.435 e. The van der Waals surface area contributed by atoms with Crippen molar-refractivity contribution in [3.8, 4) is 5.75 Å². The molecule has 0 amide bonds. The largest absolute Gasteiger partial charge is 0.497 e. The highest BCUT2D eigenvalue weighted by molar-refractivity contribution is 6.01. The van der Waals surface area contributed by atoms with Gasteiger partial charge in [0.2, 0.25) is 0 Å². The van der Waals surface area contributed by atoms with Gasteiger partial charge in [-0.15, -0.1) is 5.11 Å². The number of ether oxygens (including phenoxy) is 1. The van der Waals surface area contributed by atoms with E-state index in [4.69, 9.17) is 4.74 Å². The van der Waals surface area contributed by atoms with E-state index >= 15 is 0 Å². The average Bonchev–Trinajstić information content (AvgIpc) is 3.10. The van der Waals surface area contributed by atoms with E-state index in [0.717, 1.165) is 0 Å². The second-order valence-corrected chi connectivity index (χ2v) is 8.81. The normalized spacial score (nSPS) is 27.7. The highest BCUT2D eigenvalue weighted by Gasteiger charge is 2.57. The van der Waals surface area contributed by atoms with Gasteiger partial charge in [-0.1, -0.05) is 32.9 Å². The van der Waals surface area contributed by atoms with E-state index in [-0.39, 0.29) is 29.6 Å². The van der Waals surface area contributed by atoms with Gasteiger partial charge < -0.3 is 10.1 Å². The number of fused-ring (bicyclic) bond motifs is 1. The van der Waals surface area contributed by atoms with Crippen LogP contribution in [0.2, 0.25) is 0 Å². The van der Waals surface area contributed by atoms with Gasteiger partial charge in [0.1, 0.15) is 5.75 Å². The summed E-state index contributed by atoms with van der Waals surface area (Å²) in [6, 6.07) is 6.93. The van der Waals surface area contributed by atoms with E-state index < -0.39 is 23.5 Å². The smallest absolute Gasteiger partial charge is 0.435 e. The third-order valence-corrected chi connectivity index (χ3v) is 6.24. The van der Waals surface area contributed by atoms with Crippen LogP contribution in [0.4, 0.5) is 13.2 Å². The van der Waals surface area contributed by atoms with Crippen LogP contribution < -0.4 is 10.1 Å². The number of hydrogen-bond donors (Lipinski definition) is 1. The van der Waals surface area contributed by atoms with Crippen LogP contribution in [0.15, 0.2) is 57.0 Å². The fourth-order valence-corrected chi connectivity index (χ4v) is 5.10. The van der Waals surface area contributed by atoms with Gasteiger partial charge in [0.15, 0.2) is 17.6 Å². The molecule has 0 radical (unpaired) electrons.